The predicted octanol–water partition coefficient (Wildman–Crippen LogP) is 0.927. The maximum Gasteiger partial charge on any atom is 0.279 e. The van der Waals surface area contributed by atoms with Gasteiger partial charge in [0, 0.05) is 17.6 Å². The molecule has 2 aromatic rings. The van der Waals surface area contributed by atoms with E-state index in [-0.39, 0.29) is 5.56 Å². The third kappa shape index (κ3) is 2.83. The summed E-state index contributed by atoms with van der Waals surface area (Å²) < 4.78 is 6.87. The molecule has 6 heteroatoms. The molecule has 2 aromatic heterocycles. The van der Waals surface area contributed by atoms with Gasteiger partial charge in [0.2, 0.25) is 0 Å². The van der Waals surface area contributed by atoms with Gasteiger partial charge in [-0.2, -0.15) is 4.07 Å². The second kappa shape index (κ2) is 5.32. The van der Waals surface area contributed by atoms with Crippen molar-refractivity contribution in [2.24, 2.45) is 0 Å². The van der Waals surface area contributed by atoms with Crippen molar-refractivity contribution in [3.05, 3.63) is 46.3 Å². The lowest BCUT2D eigenvalue weighted by molar-refractivity contribution is 0.328. The summed E-state index contributed by atoms with van der Waals surface area (Å²) in [5.41, 5.74) is 2.89. The van der Waals surface area contributed by atoms with Crippen LogP contribution in [0, 0.1) is 0 Å². The van der Waals surface area contributed by atoms with E-state index in [4.69, 9.17) is 4.74 Å². The van der Waals surface area contributed by atoms with Gasteiger partial charge in [-0.05, 0) is 23.7 Å². The topological polar surface area (TPSA) is 56.2 Å². The summed E-state index contributed by atoms with van der Waals surface area (Å²) in [5, 5.41) is 1.73. The molecule has 0 aromatic carbocycles. The molecule has 0 saturated carbocycles. The Labute approximate surface area is 96.4 Å². The van der Waals surface area contributed by atoms with Gasteiger partial charge in [-0.1, -0.05) is 0 Å². The second-order valence-corrected chi connectivity index (χ2v) is 3.83. The highest BCUT2D eigenvalue weighted by Gasteiger charge is 1.95. The Morgan fingerprint density at radius 3 is 3.12 bits per heavy atom. The summed E-state index contributed by atoms with van der Waals surface area (Å²) in [4.78, 5) is 15.1. The maximum absolute atomic E-state index is 11.1. The lowest BCUT2D eigenvalue weighted by Gasteiger charge is -2.07. The lowest BCUT2D eigenvalue weighted by Crippen LogP contribution is -2.26. The van der Waals surface area contributed by atoms with Crippen molar-refractivity contribution < 1.29 is 4.74 Å². The largest absolute Gasteiger partial charge is 0.490 e. The van der Waals surface area contributed by atoms with E-state index in [0.29, 0.717) is 13.2 Å². The number of nitrogens with one attached hydrogen (secondary N) is 1. The quantitative estimate of drug-likeness (QED) is 0.786. The van der Waals surface area contributed by atoms with Crippen LogP contribution in [-0.4, -0.2) is 22.2 Å². The third-order valence-corrected chi connectivity index (χ3v) is 2.62. The highest BCUT2D eigenvalue weighted by atomic mass is 32.1. The van der Waals surface area contributed by atoms with Crippen LogP contribution in [0.2, 0.25) is 0 Å². The van der Waals surface area contributed by atoms with E-state index >= 15 is 0 Å². The van der Waals surface area contributed by atoms with Crippen LogP contribution in [0.3, 0.4) is 0 Å². The van der Waals surface area contributed by atoms with Crippen molar-refractivity contribution in [2.75, 3.05) is 18.6 Å². The fourth-order valence-electron chi connectivity index (χ4n) is 1.13. The second-order valence-electron chi connectivity index (χ2n) is 2.99. The van der Waals surface area contributed by atoms with Gasteiger partial charge in [0.25, 0.3) is 5.56 Å². The van der Waals surface area contributed by atoms with Crippen LogP contribution >= 0.6 is 11.5 Å². The molecule has 0 atom stereocenters. The molecule has 0 amide bonds. The Balaban J connectivity index is 1.74. The van der Waals surface area contributed by atoms with E-state index in [1.165, 1.54) is 21.7 Å². The number of aromatic nitrogens is 2. The number of hydrogen-bond donors (Lipinski definition) is 1. The van der Waals surface area contributed by atoms with Gasteiger partial charge in [-0.3, -0.25) is 9.78 Å². The molecule has 2 heterocycles. The van der Waals surface area contributed by atoms with Gasteiger partial charge in [0.1, 0.15) is 12.4 Å². The molecular formula is C10H11N3O2S. The smallest absolute Gasteiger partial charge is 0.279 e. The zero-order valence-corrected chi connectivity index (χ0v) is 9.31. The summed E-state index contributed by atoms with van der Waals surface area (Å²) in [6, 6.07) is 5.16. The predicted molar refractivity (Wildman–Crippen MR) is 62.5 cm³/mol. The fraction of sp³-hybridized carbons (Fsp3) is 0.200. The minimum Gasteiger partial charge on any atom is -0.490 e. The first-order chi connectivity index (χ1) is 7.86. The van der Waals surface area contributed by atoms with Gasteiger partial charge in [0.15, 0.2) is 0 Å². The van der Waals surface area contributed by atoms with Crippen molar-refractivity contribution in [1.29, 1.82) is 0 Å². The zero-order chi connectivity index (χ0) is 11.2. The highest BCUT2D eigenvalue weighted by molar-refractivity contribution is 7.04. The molecule has 0 aliphatic carbocycles. The summed E-state index contributed by atoms with van der Waals surface area (Å²) >= 11 is 1.32. The molecule has 0 spiro atoms. The molecular weight excluding hydrogens is 226 g/mol. The molecule has 2 rings (SSSR count). The molecule has 0 unspecified atom stereocenters. The van der Waals surface area contributed by atoms with Crippen molar-refractivity contribution >= 4 is 11.5 Å². The summed E-state index contributed by atoms with van der Waals surface area (Å²) in [6.45, 7) is 1.05. The standard InChI is InChI=1S/C10H11N3O2S/c14-10-3-7-16-13(10)12-5-6-15-9-2-1-4-11-8-9/h1-4,7-8,12H,5-6H2. The summed E-state index contributed by atoms with van der Waals surface area (Å²) in [6.07, 6.45) is 3.34. The Kier molecular flexibility index (Phi) is 3.55. The average molecular weight is 237 g/mol. The van der Waals surface area contributed by atoms with Crippen LogP contribution in [0.1, 0.15) is 0 Å². The normalized spacial score (nSPS) is 10.0. The zero-order valence-electron chi connectivity index (χ0n) is 8.50. The van der Waals surface area contributed by atoms with Crippen molar-refractivity contribution in [2.45, 2.75) is 0 Å². The van der Waals surface area contributed by atoms with Gasteiger partial charge >= 0.3 is 0 Å². The van der Waals surface area contributed by atoms with E-state index < -0.39 is 0 Å². The van der Waals surface area contributed by atoms with Crippen LogP contribution in [-0.2, 0) is 0 Å². The molecule has 5 nitrogen and oxygen atoms in total. The van der Waals surface area contributed by atoms with Gasteiger partial charge in [-0.15, -0.1) is 0 Å². The van der Waals surface area contributed by atoms with Crippen molar-refractivity contribution in [3.8, 4) is 5.75 Å². The van der Waals surface area contributed by atoms with E-state index in [2.05, 4.69) is 10.4 Å². The fourth-order valence-corrected chi connectivity index (χ4v) is 1.76. The van der Waals surface area contributed by atoms with Crippen molar-refractivity contribution in [3.63, 3.8) is 0 Å². The molecule has 0 radical (unpaired) electrons. The molecule has 16 heavy (non-hydrogen) atoms. The first-order valence-electron chi connectivity index (χ1n) is 4.80. The maximum atomic E-state index is 11.1. The minimum absolute atomic E-state index is 0.0497. The first-order valence-corrected chi connectivity index (χ1v) is 5.63. The molecule has 0 bridgehead atoms. The van der Waals surface area contributed by atoms with E-state index in [1.807, 2.05) is 12.1 Å². The third-order valence-electron chi connectivity index (χ3n) is 1.84. The number of hydrogen-bond acceptors (Lipinski definition) is 5. The van der Waals surface area contributed by atoms with Crippen LogP contribution in [0.25, 0.3) is 0 Å². The van der Waals surface area contributed by atoms with Crippen molar-refractivity contribution in [1.82, 2.24) is 9.05 Å². The summed E-state index contributed by atoms with van der Waals surface area (Å²) in [5.74, 6) is 0.725. The number of nitrogens with zero attached hydrogens (tertiary/aromatic N) is 2. The molecule has 0 aliphatic rings. The Morgan fingerprint density at radius 2 is 2.44 bits per heavy atom. The molecule has 0 fully saturated rings. The average Bonchev–Trinajstić information content (AvgIpc) is 2.72. The molecule has 84 valence electrons. The van der Waals surface area contributed by atoms with Gasteiger partial charge in [0.05, 0.1) is 12.7 Å². The number of ether oxygens (including phenoxy) is 1. The monoisotopic (exact) mass is 237 g/mol. The Hall–Kier alpha value is -1.82. The van der Waals surface area contributed by atoms with E-state index in [1.54, 1.807) is 17.8 Å². The van der Waals surface area contributed by atoms with E-state index in [0.717, 1.165) is 5.75 Å². The Bertz CT molecular complexity index is 480. The molecule has 0 saturated heterocycles. The number of rotatable bonds is 5. The lowest BCUT2D eigenvalue weighted by atomic mass is 10.5. The van der Waals surface area contributed by atoms with Gasteiger partial charge < -0.3 is 10.2 Å². The highest BCUT2D eigenvalue weighted by Crippen LogP contribution is 2.04. The first kappa shape index (κ1) is 10.7. The molecule has 0 aliphatic heterocycles. The summed E-state index contributed by atoms with van der Waals surface area (Å²) in [7, 11) is 0. The van der Waals surface area contributed by atoms with E-state index in [9.17, 15) is 4.79 Å². The number of pyridine rings is 1. The van der Waals surface area contributed by atoms with Crippen LogP contribution < -0.4 is 15.7 Å². The van der Waals surface area contributed by atoms with Crippen LogP contribution in [0.4, 0.5) is 0 Å². The minimum atomic E-state index is -0.0497. The molecule has 1 N–H and O–H groups in total. The Morgan fingerprint density at radius 1 is 1.50 bits per heavy atom. The van der Waals surface area contributed by atoms with Gasteiger partial charge in [-0.25, -0.2) is 0 Å². The SMILES string of the molecule is O=c1ccsn1NCCOc1cccnc1. The van der Waals surface area contributed by atoms with Crippen LogP contribution in [0.5, 0.6) is 5.75 Å². The van der Waals surface area contributed by atoms with Crippen LogP contribution in [0.15, 0.2) is 40.8 Å².